The van der Waals surface area contributed by atoms with Crippen LogP contribution in [0.5, 0.6) is 0 Å². The van der Waals surface area contributed by atoms with E-state index in [-0.39, 0.29) is 18.1 Å². The van der Waals surface area contributed by atoms with Crippen molar-refractivity contribution >= 4 is 0 Å². The normalized spacial score (nSPS) is 36.4. The van der Waals surface area contributed by atoms with E-state index in [0.29, 0.717) is 38.9 Å². The van der Waals surface area contributed by atoms with Crippen LogP contribution in [0, 0.1) is 11.8 Å². The molecule has 0 spiro atoms. The molecule has 0 aromatic heterocycles. The van der Waals surface area contributed by atoms with E-state index >= 15 is 0 Å². The van der Waals surface area contributed by atoms with Crippen LogP contribution in [0.3, 0.4) is 0 Å². The largest absolute Gasteiger partial charge is 0.522 e. The lowest BCUT2D eigenvalue weighted by molar-refractivity contribution is -0.347. The van der Waals surface area contributed by atoms with Gasteiger partial charge in [-0.25, -0.2) is 0 Å². The fourth-order valence-corrected chi connectivity index (χ4v) is 2.86. The number of rotatable bonds is 3. The Labute approximate surface area is 117 Å². The Balaban J connectivity index is 1.72. The van der Waals surface area contributed by atoms with Crippen molar-refractivity contribution in [1.82, 2.24) is 0 Å². The van der Waals surface area contributed by atoms with E-state index in [1.54, 1.807) is 0 Å². The molecule has 1 saturated heterocycles. The van der Waals surface area contributed by atoms with E-state index in [1.165, 1.54) is 0 Å². The number of halogens is 3. The summed E-state index contributed by atoms with van der Waals surface area (Å²) in [6.45, 7) is 3.19. The van der Waals surface area contributed by atoms with Gasteiger partial charge in [-0.05, 0) is 32.6 Å². The average Bonchev–Trinajstić information content (AvgIpc) is 2.39. The molecule has 1 aliphatic carbocycles. The monoisotopic (exact) mass is 294 g/mol. The zero-order valence-electron chi connectivity index (χ0n) is 11.6. The van der Waals surface area contributed by atoms with E-state index in [9.17, 15) is 13.2 Å². The first-order valence-electron chi connectivity index (χ1n) is 7.08. The summed E-state index contributed by atoms with van der Waals surface area (Å²) in [5.74, 6) is 0.454. The Kier molecular flexibility index (Phi) is 5.46. The molecule has 20 heavy (non-hydrogen) atoms. The predicted octanol–water partition coefficient (Wildman–Crippen LogP) is 3.65. The Hall–Kier alpha value is -0.590. The number of alkyl halides is 3. The van der Waals surface area contributed by atoms with Crippen molar-refractivity contribution in [1.29, 1.82) is 0 Å². The third-order valence-corrected chi connectivity index (χ3v) is 3.82. The van der Waals surface area contributed by atoms with Crippen molar-refractivity contribution in [2.75, 3.05) is 13.2 Å². The van der Waals surface area contributed by atoms with Gasteiger partial charge < -0.3 is 9.47 Å². The Bertz CT molecular complexity index is 314. The van der Waals surface area contributed by atoms with Crippen LogP contribution in [0.15, 0.2) is 12.2 Å². The minimum atomic E-state index is -4.53. The summed E-state index contributed by atoms with van der Waals surface area (Å²) in [6.07, 6.45) is 0.613. The van der Waals surface area contributed by atoms with Crippen LogP contribution in [-0.2, 0) is 14.2 Å². The summed E-state index contributed by atoms with van der Waals surface area (Å²) in [7, 11) is 0. The third kappa shape index (κ3) is 4.75. The molecule has 0 amide bonds. The van der Waals surface area contributed by atoms with E-state index in [1.807, 2.05) is 19.1 Å². The minimum Gasteiger partial charge on any atom is -0.352 e. The van der Waals surface area contributed by atoms with Crippen molar-refractivity contribution < 1.29 is 27.4 Å². The maximum Gasteiger partial charge on any atom is 0.522 e. The van der Waals surface area contributed by atoms with Gasteiger partial charge in [0.15, 0.2) is 6.29 Å². The van der Waals surface area contributed by atoms with Gasteiger partial charge in [-0.2, -0.15) is 0 Å². The van der Waals surface area contributed by atoms with Crippen LogP contribution in [0.1, 0.15) is 32.6 Å². The second-order valence-electron chi connectivity index (χ2n) is 5.42. The number of hydrogen-bond acceptors (Lipinski definition) is 3. The summed E-state index contributed by atoms with van der Waals surface area (Å²) in [4.78, 5) is 0. The van der Waals surface area contributed by atoms with Crippen molar-refractivity contribution in [3.05, 3.63) is 12.2 Å². The fourth-order valence-electron chi connectivity index (χ4n) is 2.86. The predicted molar refractivity (Wildman–Crippen MR) is 66.9 cm³/mol. The second-order valence-corrected chi connectivity index (χ2v) is 5.42. The summed E-state index contributed by atoms with van der Waals surface area (Å²) in [6, 6.07) is 0. The molecule has 2 aliphatic rings. The molecule has 1 aliphatic heterocycles. The molecule has 6 heteroatoms. The van der Waals surface area contributed by atoms with Crippen LogP contribution in [0.4, 0.5) is 13.2 Å². The van der Waals surface area contributed by atoms with Gasteiger partial charge in [-0.3, -0.25) is 4.74 Å². The molecule has 0 aromatic carbocycles. The zero-order chi connectivity index (χ0) is 14.6. The van der Waals surface area contributed by atoms with Gasteiger partial charge in [0.2, 0.25) is 0 Å². The minimum absolute atomic E-state index is 0.176. The van der Waals surface area contributed by atoms with Gasteiger partial charge >= 0.3 is 6.36 Å². The second kappa shape index (κ2) is 6.91. The van der Waals surface area contributed by atoms with Gasteiger partial charge in [0.25, 0.3) is 0 Å². The average molecular weight is 294 g/mol. The van der Waals surface area contributed by atoms with Crippen LogP contribution in [0.25, 0.3) is 0 Å². The SMILES string of the molecule is CC=CC1COC(C2CCC(OC(F)(F)F)CC2)OC1. The summed E-state index contributed by atoms with van der Waals surface area (Å²) >= 11 is 0. The molecule has 0 bridgehead atoms. The first-order chi connectivity index (χ1) is 9.48. The van der Waals surface area contributed by atoms with Crippen LogP contribution in [0.2, 0.25) is 0 Å². The van der Waals surface area contributed by atoms with Gasteiger partial charge in [0.05, 0.1) is 19.3 Å². The molecular formula is C14H21F3O3. The van der Waals surface area contributed by atoms with Crippen molar-refractivity contribution in [3.8, 4) is 0 Å². The number of hydrogen-bond donors (Lipinski definition) is 0. The number of ether oxygens (including phenoxy) is 3. The lowest BCUT2D eigenvalue weighted by atomic mass is 9.86. The molecule has 0 radical (unpaired) electrons. The van der Waals surface area contributed by atoms with Crippen molar-refractivity contribution in [3.63, 3.8) is 0 Å². The highest BCUT2D eigenvalue weighted by Gasteiger charge is 2.37. The lowest BCUT2D eigenvalue weighted by Gasteiger charge is -2.37. The van der Waals surface area contributed by atoms with E-state index < -0.39 is 12.5 Å². The van der Waals surface area contributed by atoms with E-state index in [0.717, 1.165) is 0 Å². The maximum atomic E-state index is 12.1. The maximum absolute atomic E-state index is 12.1. The standard InChI is InChI=1S/C14H21F3O3/c1-2-3-10-8-18-13(19-9-10)11-4-6-12(7-5-11)20-14(15,16)17/h2-3,10-13H,4-9H2,1H3. The van der Waals surface area contributed by atoms with Crippen molar-refractivity contribution in [2.45, 2.75) is 51.4 Å². The van der Waals surface area contributed by atoms with Crippen molar-refractivity contribution in [2.24, 2.45) is 11.8 Å². The first kappa shape index (κ1) is 15.8. The molecule has 2 fully saturated rings. The fraction of sp³-hybridized carbons (Fsp3) is 0.857. The molecule has 0 atom stereocenters. The Morgan fingerprint density at radius 3 is 2.15 bits per heavy atom. The van der Waals surface area contributed by atoms with Gasteiger partial charge in [0, 0.05) is 11.8 Å². The molecule has 0 N–H and O–H groups in total. The van der Waals surface area contributed by atoms with Gasteiger partial charge in [-0.1, -0.05) is 12.2 Å². The molecule has 3 nitrogen and oxygen atoms in total. The smallest absolute Gasteiger partial charge is 0.352 e. The Morgan fingerprint density at radius 1 is 1.05 bits per heavy atom. The summed E-state index contributed by atoms with van der Waals surface area (Å²) < 4.78 is 51.8. The van der Waals surface area contributed by atoms with E-state index in [2.05, 4.69) is 4.74 Å². The lowest BCUT2D eigenvalue weighted by Crippen LogP contribution is -2.39. The summed E-state index contributed by atoms with van der Waals surface area (Å²) in [5, 5.41) is 0. The molecule has 1 heterocycles. The highest BCUT2D eigenvalue weighted by molar-refractivity contribution is 4.87. The first-order valence-corrected chi connectivity index (χ1v) is 7.08. The number of allylic oxidation sites excluding steroid dienone is 1. The zero-order valence-corrected chi connectivity index (χ0v) is 11.6. The summed E-state index contributed by atoms with van der Waals surface area (Å²) in [5.41, 5.74) is 0. The molecule has 116 valence electrons. The van der Waals surface area contributed by atoms with Crippen LogP contribution < -0.4 is 0 Å². The highest BCUT2D eigenvalue weighted by atomic mass is 19.4. The quantitative estimate of drug-likeness (QED) is 0.744. The van der Waals surface area contributed by atoms with Gasteiger partial charge in [-0.15, -0.1) is 13.2 Å². The topological polar surface area (TPSA) is 27.7 Å². The molecule has 0 aromatic rings. The van der Waals surface area contributed by atoms with Crippen LogP contribution in [-0.4, -0.2) is 32.0 Å². The third-order valence-electron chi connectivity index (χ3n) is 3.82. The highest BCUT2D eigenvalue weighted by Crippen LogP contribution is 2.34. The molecular weight excluding hydrogens is 273 g/mol. The molecule has 1 saturated carbocycles. The molecule has 2 rings (SSSR count). The van der Waals surface area contributed by atoms with E-state index in [4.69, 9.17) is 9.47 Å². The van der Waals surface area contributed by atoms with Gasteiger partial charge in [0.1, 0.15) is 0 Å². The van der Waals surface area contributed by atoms with Crippen LogP contribution >= 0.6 is 0 Å². The molecule has 0 unspecified atom stereocenters. The Morgan fingerprint density at radius 2 is 1.65 bits per heavy atom.